The van der Waals surface area contributed by atoms with Crippen molar-refractivity contribution in [2.45, 2.75) is 38.6 Å². The number of benzene rings is 2. The van der Waals surface area contributed by atoms with E-state index in [9.17, 15) is 18.8 Å². The molecule has 0 spiro atoms. The van der Waals surface area contributed by atoms with Gasteiger partial charge in [0.15, 0.2) is 0 Å². The molecule has 0 aromatic heterocycles. The number of rotatable bonds is 5. The van der Waals surface area contributed by atoms with Gasteiger partial charge in [0.1, 0.15) is 5.82 Å². The summed E-state index contributed by atoms with van der Waals surface area (Å²) in [7, 11) is 0. The molecule has 2 aromatic carbocycles. The molecule has 2 heterocycles. The zero-order chi connectivity index (χ0) is 22.7. The molecule has 2 fully saturated rings. The van der Waals surface area contributed by atoms with Crippen LogP contribution in [-0.4, -0.2) is 48.3 Å². The van der Waals surface area contributed by atoms with Crippen LogP contribution in [0.2, 0.25) is 0 Å². The first-order valence-electron chi connectivity index (χ1n) is 11.2. The van der Waals surface area contributed by atoms with Crippen LogP contribution in [0, 0.1) is 11.7 Å². The highest BCUT2D eigenvalue weighted by atomic mass is 19.1. The Bertz CT molecular complexity index is 982. The summed E-state index contributed by atoms with van der Waals surface area (Å²) in [5, 5.41) is 3.07. The van der Waals surface area contributed by atoms with Gasteiger partial charge in [-0.15, -0.1) is 0 Å². The second-order valence-electron chi connectivity index (χ2n) is 8.51. The van der Waals surface area contributed by atoms with E-state index in [4.69, 9.17) is 0 Å². The number of hydrogen-bond acceptors (Lipinski definition) is 3. The number of aryl methyl sites for hydroxylation is 1. The first kappa shape index (κ1) is 22.0. The van der Waals surface area contributed by atoms with Crippen molar-refractivity contribution in [3.05, 3.63) is 65.5 Å². The summed E-state index contributed by atoms with van der Waals surface area (Å²) in [5.41, 5.74) is 2.45. The fourth-order valence-electron chi connectivity index (χ4n) is 4.41. The second-order valence-corrected chi connectivity index (χ2v) is 8.51. The Morgan fingerprint density at radius 3 is 2.31 bits per heavy atom. The Morgan fingerprint density at radius 1 is 1.03 bits per heavy atom. The van der Waals surface area contributed by atoms with Crippen LogP contribution in [-0.2, 0) is 16.0 Å². The number of carbonyl (C=O) groups excluding carboxylic acids is 3. The monoisotopic (exact) mass is 437 g/mol. The van der Waals surface area contributed by atoms with Crippen molar-refractivity contribution in [3.8, 4) is 0 Å². The molecule has 7 heteroatoms. The van der Waals surface area contributed by atoms with Gasteiger partial charge in [0, 0.05) is 43.3 Å². The van der Waals surface area contributed by atoms with Gasteiger partial charge in [0.05, 0.1) is 5.92 Å². The topological polar surface area (TPSA) is 69.7 Å². The minimum Gasteiger partial charge on any atom is -0.349 e. The van der Waals surface area contributed by atoms with Crippen molar-refractivity contribution in [2.24, 2.45) is 5.92 Å². The minimum absolute atomic E-state index is 0.0251. The third-order valence-corrected chi connectivity index (χ3v) is 6.38. The van der Waals surface area contributed by atoms with E-state index >= 15 is 0 Å². The Morgan fingerprint density at radius 2 is 1.69 bits per heavy atom. The molecule has 32 heavy (non-hydrogen) atoms. The molecule has 0 bridgehead atoms. The first-order valence-corrected chi connectivity index (χ1v) is 11.2. The molecule has 3 amide bonds. The van der Waals surface area contributed by atoms with E-state index in [-0.39, 0.29) is 36.0 Å². The van der Waals surface area contributed by atoms with Gasteiger partial charge in [-0.05, 0) is 61.2 Å². The van der Waals surface area contributed by atoms with Crippen molar-refractivity contribution in [1.82, 2.24) is 10.2 Å². The molecule has 0 radical (unpaired) electrons. The van der Waals surface area contributed by atoms with Crippen molar-refractivity contribution < 1.29 is 18.8 Å². The molecular formula is C25H28FN3O3. The van der Waals surface area contributed by atoms with Crippen LogP contribution in [0.25, 0.3) is 0 Å². The fourth-order valence-corrected chi connectivity index (χ4v) is 4.41. The van der Waals surface area contributed by atoms with E-state index in [1.165, 1.54) is 17.7 Å². The largest absolute Gasteiger partial charge is 0.349 e. The lowest BCUT2D eigenvalue weighted by atomic mass is 10.0. The van der Waals surface area contributed by atoms with E-state index in [0.29, 0.717) is 43.7 Å². The van der Waals surface area contributed by atoms with Crippen LogP contribution in [0.1, 0.15) is 42.1 Å². The summed E-state index contributed by atoms with van der Waals surface area (Å²) in [6.07, 6.45) is 2.48. The van der Waals surface area contributed by atoms with E-state index in [1.54, 1.807) is 21.9 Å². The van der Waals surface area contributed by atoms with Gasteiger partial charge in [-0.3, -0.25) is 14.4 Å². The highest BCUT2D eigenvalue weighted by Gasteiger charge is 2.38. The van der Waals surface area contributed by atoms with Crippen molar-refractivity contribution in [2.75, 3.05) is 24.5 Å². The van der Waals surface area contributed by atoms with E-state index in [2.05, 4.69) is 12.2 Å². The molecule has 0 unspecified atom stereocenters. The van der Waals surface area contributed by atoms with Crippen LogP contribution < -0.4 is 10.2 Å². The Labute approximate surface area is 187 Å². The zero-order valence-corrected chi connectivity index (χ0v) is 18.2. The number of nitrogens with zero attached hydrogens (tertiary/aromatic N) is 2. The van der Waals surface area contributed by atoms with Gasteiger partial charge in [0.25, 0.3) is 5.91 Å². The maximum atomic E-state index is 13.2. The van der Waals surface area contributed by atoms with Crippen LogP contribution in [0.3, 0.4) is 0 Å². The summed E-state index contributed by atoms with van der Waals surface area (Å²) >= 11 is 0. The van der Waals surface area contributed by atoms with Crippen molar-refractivity contribution in [1.29, 1.82) is 0 Å². The molecule has 168 valence electrons. The normalized spacial score (nSPS) is 19.3. The summed E-state index contributed by atoms with van der Waals surface area (Å²) in [5.74, 6) is -0.986. The Kier molecular flexibility index (Phi) is 6.53. The van der Waals surface area contributed by atoms with E-state index in [0.717, 1.165) is 6.42 Å². The van der Waals surface area contributed by atoms with Gasteiger partial charge in [-0.2, -0.15) is 0 Å². The lowest BCUT2D eigenvalue weighted by Gasteiger charge is -2.33. The summed E-state index contributed by atoms with van der Waals surface area (Å²) in [4.78, 5) is 41.3. The lowest BCUT2D eigenvalue weighted by molar-refractivity contribution is -0.136. The van der Waals surface area contributed by atoms with Gasteiger partial charge in [-0.1, -0.05) is 19.1 Å². The average Bonchev–Trinajstić information content (AvgIpc) is 3.21. The van der Waals surface area contributed by atoms with Gasteiger partial charge in [0.2, 0.25) is 11.8 Å². The summed E-state index contributed by atoms with van der Waals surface area (Å²) < 4.78 is 13.2. The minimum atomic E-state index is -0.393. The molecule has 1 N–H and O–H groups in total. The summed E-state index contributed by atoms with van der Waals surface area (Å²) in [6, 6.07) is 13.4. The molecule has 6 nitrogen and oxygen atoms in total. The van der Waals surface area contributed by atoms with Gasteiger partial charge in [-0.25, -0.2) is 4.39 Å². The quantitative estimate of drug-likeness (QED) is 0.781. The van der Waals surface area contributed by atoms with Crippen LogP contribution in [0.4, 0.5) is 10.1 Å². The fraction of sp³-hybridized carbons (Fsp3) is 0.400. The molecule has 2 aromatic rings. The number of halogens is 1. The number of piperidine rings is 1. The predicted octanol–water partition coefficient (Wildman–Crippen LogP) is 3.16. The third kappa shape index (κ3) is 4.82. The SMILES string of the molecule is CCc1ccc(C(=O)NC2CCN(C(=O)[C@H]3CC(=O)N(c4ccc(F)cc4)C3)CC2)cc1. The number of nitrogens with one attached hydrogen (secondary N) is 1. The van der Waals surface area contributed by atoms with Gasteiger partial charge >= 0.3 is 0 Å². The van der Waals surface area contributed by atoms with Gasteiger partial charge < -0.3 is 15.1 Å². The maximum Gasteiger partial charge on any atom is 0.251 e. The number of carbonyl (C=O) groups is 3. The Hall–Kier alpha value is -3.22. The van der Waals surface area contributed by atoms with Crippen molar-refractivity contribution >= 4 is 23.4 Å². The maximum absolute atomic E-state index is 13.2. The molecule has 2 aliphatic heterocycles. The second kappa shape index (κ2) is 9.51. The zero-order valence-electron chi connectivity index (χ0n) is 18.2. The van der Waals surface area contributed by atoms with E-state index < -0.39 is 5.92 Å². The number of amides is 3. The molecule has 4 rings (SSSR count). The molecule has 2 saturated heterocycles. The van der Waals surface area contributed by atoms with Crippen LogP contribution in [0.5, 0.6) is 0 Å². The number of hydrogen-bond donors (Lipinski definition) is 1. The number of anilines is 1. The molecular weight excluding hydrogens is 409 g/mol. The number of likely N-dealkylation sites (tertiary alicyclic amines) is 1. The first-order chi connectivity index (χ1) is 15.4. The summed E-state index contributed by atoms with van der Waals surface area (Å²) in [6.45, 7) is 3.50. The standard InChI is InChI=1S/C25H28FN3O3/c1-2-17-3-5-18(6-4-17)24(31)27-21-11-13-28(14-12-21)25(32)19-15-23(30)29(16-19)22-9-7-20(26)8-10-22/h3-10,19,21H,2,11-16H2,1H3,(H,27,31)/t19-/m0/s1. The third-order valence-electron chi connectivity index (χ3n) is 6.38. The molecule has 1 atom stereocenters. The van der Waals surface area contributed by atoms with Crippen LogP contribution >= 0.6 is 0 Å². The van der Waals surface area contributed by atoms with Crippen molar-refractivity contribution in [3.63, 3.8) is 0 Å². The highest BCUT2D eigenvalue weighted by Crippen LogP contribution is 2.27. The van der Waals surface area contributed by atoms with Crippen LogP contribution in [0.15, 0.2) is 48.5 Å². The predicted molar refractivity (Wildman–Crippen MR) is 120 cm³/mol. The van der Waals surface area contributed by atoms with E-state index in [1.807, 2.05) is 24.3 Å². The lowest BCUT2D eigenvalue weighted by Crippen LogP contribution is -2.48. The average molecular weight is 438 g/mol. The Balaban J connectivity index is 1.28. The molecule has 0 saturated carbocycles. The highest BCUT2D eigenvalue weighted by molar-refractivity contribution is 6.00. The molecule has 0 aliphatic carbocycles. The molecule has 2 aliphatic rings. The smallest absolute Gasteiger partial charge is 0.251 e.